The molecule has 29 heavy (non-hydrogen) atoms. The SMILES string of the molecule is COc1ccc(/C=C/C(=O)NC(=S)N(CCCCO)CCC2=CCCCC2)cc1. The van der Waals surface area contributed by atoms with Gasteiger partial charge in [0.15, 0.2) is 5.11 Å². The number of carbonyl (C=O) groups excluding carboxylic acids is 1. The van der Waals surface area contributed by atoms with Gasteiger partial charge in [0.25, 0.3) is 0 Å². The molecule has 1 aliphatic rings. The van der Waals surface area contributed by atoms with Gasteiger partial charge in [-0.1, -0.05) is 23.8 Å². The van der Waals surface area contributed by atoms with Crippen LogP contribution < -0.4 is 10.1 Å². The third-order valence-corrected chi connectivity index (χ3v) is 5.34. The number of hydrogen-bond donors (Lipinski definition) is 2. The van der Waals surface area contributed by atoms with Crippen molar-refractivity contribution in [3.63, 3.8) is 0 Å². The molecule has 2 N–H and O–H groups in total. The van der Waals surface area contributed by atoms with E-state index in [1.807, 2.05) is 29.2 Å². The lowest BCUT2D eigenvalue weighted by atomic mass is 9.97. The molecule has 1 aromatic rings. The minimum absolute atomic E-state index is 0.169. The number of ether oxygens (including phenoxy) is 1. The van der Waals surface area contributed by atoms with E-state index in [0.717, 1.165) is 56.5 Å². The molecule has 0 saturated carbocycles. The van der Waals surface area contributed by atoms with E-state index >= 15 is 0 Å². The van der Waals surface area contributed by atoms with E-state index in [0.29, 0.717) is 5.11 Å². The highest BCUT2D eigenvalue weighted by atomic mass is 32.1. The molecule has 0 unspecified atom stereocenters. The fraction of sp³-hybridized carbons (Fsp3) is 0.478. The number of nitrogens with zero attached hydrogens (tertiary/aromatic N) is 1. The van der Waals surface area contributed by atoms with E-state index in [2.05, 4.69) is 11.4 Å². The second kappa shape index (κ2) is 13.1. The highest BCUT2D eigenvalue weighted by molar-refractivity contribution is 7.80. The number of allylic oxidation sites excluding steroid dienone is 1. The number of carbonyl (C=O) groups is 1. The number of amides is 1. The average Bonchev–Trinajstić information content (AvgIpc) is 2.75. The molecule has 0 saturated heterocycles. The van der Waals surface area contributed by atoms with Crippen LogP contribution in [0.3, 0.4) is 0 Å². The van der Waals surface area contributed by atoms with Crippen molar-refractivity contribution in [1.29, 1.82) is 0 Å². The molecular weight excluding hydrogens is 384 g/mol. The average molecular weight is 417 g/mol. The van der Waals surface area contributed by atoms with Crippen molar-refractivity contribution >= 4 is 29.3 Å². The van der Waals surface area contributed by atoms with Gasteiger partial charge in [-0.25, -0.2) is 0 Å². The van der Waals surface area contributed by atoms with Gasteiger partial charge in [-0.15, -0.1) is 0 Å². The van der Waals surface area contributed by atoms with E-state index in [9.17, 15) is 4.79 Å². The Labute approximate surface area is 179 Å². The molecule has 1 amide bonds. The summed E-state index contributed by atoms with van der Waals surface area (Å²) in [6, 6.07) is 7.48. The summed E-state index contributed by atoms with van der Waals surface area (Å²) in [5.74, 6) is 0.536. The topological polar surface area (TPSA) is 61.8 Å². The van der Waals surface area contributed by atoms with Crippen LogP contribution >= 0.6 is 12.2 Å². The van der Waals surface area contributed by atoms with Gasteiger partial charge in [-0.2, -0.15) is 0 Å². The van der Waals surface area contributed by atoms with E-state index in [1.54, 1.807) is 13.2 Å². The van der Waals surface area contributed by atoms with Gasteiger partial charge in [0, 0.05) is 25.8 Å². The van der Waals surface area contributed by atoms with Gasteiger partial charge >= 0.3 is 0 Å². The largest absolute Gasteiger partial charge is 0.497 e. The van der Waals surface area contributed by atoms with Crippen LogP contribution in [-0.2, 0) is 4.79 Å². The standard InChI is InChI=1S/C23H32N2O3S/c1-28-21-12-9-20(10-13-21)11-14-22(27)24-23(29)25(16-5-6-18-26)17-15-19-7-3-2-4-8-19/h7,9-14,26H,2-6,8,15-18H2,1H3,(H,24,27,29)/b14-11+. The molecule has 0 aromatic heterocycles. The fourth-order valence-electron chi connectivity index (χ4n) is 3.25. The van der Waals surface area contributed by atoms with Crippen molar-refractivity contribution in [2.75, 3.05) is 26.8 Å². The van der Waals surface area contributed by atoms with Gasteiger partial charge in [-0.05, 0) is 80.9 Å². The van der Waals surface area contributed by atoms with Gasteiger partial charge in [0.2, 0.25) is 5.91 Å². The van der Waals surface area contributed by atoms with Gasteiger partial charge < -0.3 is 14.7 Å². The van der Waals surface area contributed by atoms with Crippen molar-refractivity contribution in [2.45, 2.75) is 44.9 Å². The molecule has 6 heteroatoms. The lowest BCUT2D eigenvalue weighted by Crippen LogP contribution is -2.43. The zero-order chi connectivity index (χ0) is 20.9. The first kappa shape index (κ1) is 23.1. The zero-order valence-corrected chi connectivity index (χ0v) is 18.0. The first-order chi connectivity index (χ1) is 14.1. The number of thiocarbonyl (C=S) groups is 1. The molecule has 5 nitrogen and oxygen atoms in total. The number of aliphatic hydroxyl groups is 1. The molecule has 0 bridgehead atoms. The molecule has 0 atom stereocenters. The molecule has 0 aliphatic heterocycles. The Hall–Kier alpha value is -2.18. The summed E-state index contributed by atoms with van der Waals surface area (Å²) in [6.45, 7) is 1.69. The number of aliphatic hydroxyl groups excluding tert-OH is 1. The lowest BCUT2D eigenvalue weighted by Gasteiger charge is -2.26. The Morgan fingerprint density at radius 2 is 2.03 bits per heavy atom. The van der Waals surface area contributed by atoms with Crippen LogP contribution in [-0.4, -0.2) is 47.8 Å². The second-order valence-electron chi connectivity index (χ2n) is 7.18. The Kier molecular flexibility index (Phi) is 10.5. The smallest absolute Gasteiger partial charge is 0.250 e. The lowest BCUT2D eigenvalue weighted by molar-refractivity contribution is -0.115. The van der Waals surface area contributed by atoms with E-state index in [4.69, 9.17) is 22.1 Å². The van der Waals surface area contributed by atoms with Crippen molar-refractivity contribution < 1.29 is 14.6 Å². The summed E-state index contributed by atoms with van der Waals surface area (Å²) in [5.41, 5.74) is 2.40. The van der Waals surface area contributed by atoms with Crippen LogP contribution in [0.5, 0.6) is 5.75 Å². The van der Waals surface area contributed by atoms with E-state index < -0.39 is 0 Å². The Morgan fingerprint density at radius 1 is 1.24 bits per heavy atom. The molecule has 1 aromatic carbocycles. The third kappa shape index (κ3) is 8.79. The Morgan fingerprint density at radius 3 is 2.69 bits per heavy atom. The summed E-state index contributed by atoms with van der Waals surface area (Å²) in [4.78, 5) is 14.3. The first-order valence-corrected chi connectivity index (χ1v) is 10.7. The molecule has 0 radical (unpaired) electrons. The molecule has 2 rings (SSSR count). The van der Waals surface area contributed by atoms with E-state index in [1.165, 1.54) is 24.5 Å². The van der Waals surface area contributed by atoms with Crippen LogP contribution in [0.2, 0.25) is 0 Å². The predicted molar refractivity (Wildman–Crippen MR) is 122 cm³/mol. The van der Waals surface area contributed by atoms with Crippen LogP contribution in [0.4, 0.5) is 0 Å². The molecule has 158 valence electrons. The molecule has 0 heterocycles. The maximum atomic E-state index is 12.3. The predicted octanol–water partition coefficient (Wildman–Crippen LogP) is 4.07. The normalized spacial score (nSPS) is 13.8. The Balaban J connectivity index is 1.88. The van der Waals surface area contributed by atoms with E-state index in [-0.39, 0.29) is 12.5 Å². The molecular formula is C23H32N2O3S. The number of nitrogens with one attached hydrogen (secondary N) is 1. The highest BCUT2D eigenvalue weighted by Gasteiger charge is 2.13. The minimum atomic E-state index is -0.241. The highest BCUT2D eigenvalue weighted by Crippen LogP contribution is 2.20. The number of methoxy groups -OCH3 is 1. The Bertz CT molecular complexity index is 713. The van der Waals surface area contributed by atoms with Gasteiger partial charge in [0.1, 0.15) is 5.75 Å². The van der Waals surface area contributed by atoms with Crippen molar-refractivity contribution in [1.82, 2.24) is 10.2 Å². The van der Waals surface area contributed by atoms with Crippen molar-refractivity contribution in [3.8, 4) is 5.75 Å². The molecule has 0 spiro atoms. The third-order valence-electron chi connectivity index (χ3n) is 4.98. The van der Waals surface area contributed by atoms with Gasteiger partial charge in [-0.3, -0.25) is 10.1 Å². The summed E-state index contributed by atoms with van der Waals surface area (Å²) >= 11 is 5.49. The number of benzene rings is 1. The monoisotopic (exact) mass is 416 g/mol. The molecule has 0 fully saturated rings. The van der Waals surface area contributed by atoms with Crippen molar-refractivity contribution in [2.24, 2.45) is 0 Å². The maximum Gasteiger partial charge on any atom is 0.250 e. The summed E-state index contributed by atoms with van der Waals surface area (Å²) in [6.07, 6.45) is 13.0. The maximum absolute atomic E-state index is 12.3. The first-order valence-electron chi connectivity index (χ1n) is 10.3. The van der Waals surface area contributed by atoms with Crippen molar-refractivity contribution in [3.05, 3.63) is 47.6 Å². The fourth-order valence-corrected chi connectivity index (χ4v) is 3.54. The van der Waals surface area contributed by atoms with Crippen LogP contribution in [0.1, 0.15) is 50.5 Å². The number of rotatable bonds is 10. The van der Waals surface area contributed by atoms with Crippen LogP contribution in [0.25, 0.3) is 6.08 Å². The second-order valence-corrected chi connectivity index (χ2v) is 7.56. The summed E-state index contributed by atoms with van der Waals surface area (Å²) < 4.78 is 5.14. The number of hydrogen-bond acceptors (Lipinski definition) is 4. The van der Waals surface area contributed by atoms with Gasteiger partial charge in [0.05, 0.1) is 7.11 Å². The minimum Gasteiger partial charge on any atom is -0.497 e. The van der Waals surface area contributed by atoms with Crippen LogP contribution in [0, 0.1) is 0 Å². The van der Waals surface area contributed by atoms with Crippen LogP contribution in [0.15, 0.2) is 42.0 Å². The summed E-state index contributed by atoms with van der Waals surface area (Å²) in [5, 5.41) is 12.3. The quantitative estimate of drug-likeness (QED) is 0.261. The number of unbranched alkanes of at least 4 members (excludes halogenated alkanes) is 1. The molecule has 1 aliphatic carbocycles. The zero-order valence-electron chi connectivity index (χ0n) is 17.2. The summed E-state index contributed by atoms with van der Waals surface area (Å²) in [7, 11) is 1.62.